The van der Waals surface area contributed by atoms with Gasteiger partial charge in [-0.2, -0.15) is 0 Å². The summed E-state index contributed by atoms with van der Waals surface area (Å²) in [5.41, 5.74) is 0.693. The molecule has 1 aromatic rings. The minimum atomic E-state index is -0.975. The van der Waals surface area contributed by atoms with E-state index in [9.17, 15) is 4.79 Å². The minimum absolute atomic E-state index is 0.174. The van der Waals surface area contributed by atoms with Crippen molar-refractivity contribution in [1.29, 1.82) is 0 Å². The molecule has 0 amide bonds. The van der Waals surface area contributed by atoms with Crippen LogP contribution in [0.15, 0.2) is 6.20 Å². The predicted molar refractivity (Wildman–Crippen MR) is 69.0 cm³/mol. The fraction of sp³-hybridized carbons (Fsp3) is 0.615. The van der Waals surface area contributed by atoms with Gasteiger partial charge in [-0.15, -0.1) is 0 Å². The summed E-state index contributed by atoms with van der Waals surface area (Å²) >= 11 is 0. The lowest BCUT2D eigenvalue weighted by Crippen LogP contribution is -2.26. The highest BCUT2D eigenvalue weighted by atomic mass is 16.4. The molecule has 0 spiro atoms. The quantitative estimate of drug-likeness (QED) is 0.885. The number of carboxylic acid groups (broad SMARTS) is 1. The molecule has 1 aliphatic rings. The second kappa shape index (κ2) is 5.33. The first kappa shape index (κ1) is 12.8. The van der Waals surface area contributed by atoms with Gasteiger partial charge in [0.2, 0.25) is 5.95 Å². The summed E-state index contributed by atoms with van der Waals surface area (Å²) in [6.45, 7) is 2.66. The van der Waals surface area contributed by atoms with Crippen LogP contribution in [0.2, 0.25) is 0 Å². The van der Waals surface area contributed by atoms with Crippen molar-refractivity contribution in [2.45, 2.75) is 32.6 Å². The number of rotatable bonds is 4. The topological polar surface area (TPSA) is 66.3 Å². The average molecular weight is 249 g/mol. The largest absolute Gasteiger partial charge is 0.478 e. The fourth-order valence-corrected chi connectivity index (χ4v) is 2.51. The Hall–Kier alpha value is -1.65. The number of anilines is 1. The van der Waals surface area contributed by atoms with E-state index in [1.807, 2.05) is 11.9 Å². The molecule has 1 aromatic heterocycles. The SMILES string of the molecule is Cc1nc(N(C)CC2CCCC2)ncc1C(=O)O. The van der Waals surface area contributed by atoms with Crippen LogP contribution in [-0.4, -0.2) is 34.6 Å². The van der Waals surface area contributed by atoms with Gasteiger partial charge in [0.25, 0.3) is 0 Å². The Morgan fingerprint density at radius 2 is 2.17 bits per heavy atom. The number of hydrogen-bond acceptors (Lipinski definition) is 4. The van der Waals surface area contributed by atoms with Crippen LogP contribution < -0.4 is 4.90 Å². The highest BCUT2D eigenvalue weighted by Crippen LogP contribution is 2.26. The molecule has 5 heteroatoms. The third kappa shape index (κ3) is 2.78. The van der Waals surface area contributed by atoms with Gasteiger partial charge in [-0.25, -0.2) is 14.8 Å². The summed E-state index contributed by atoms with van der Waals surface area (Å²) in [5.74, 6) is 0.361. The first-order valence-electron chi connectivity index (χ1n) is 6.36. The van der Waals surface area contributed by atoms with Gasteiger partial charge in [-0.1, -0.05) is 12.8 Å². The maximum atomic E-state index is 10.9. The molecule has 5 nitrogen and oxygen atoms in total. The molecule has 1 N–H and O–H groups in total. The molecule has 2 rings (SSSR count). The molecular formula is C13H19N3O2. The zero-order valence-electron chi connectivity index (χ0n) is 10.9. The van der Waals surface area contributed by atoms with Gasteiger partial charge in [-0.3, -0.25) is 0 Å². The molecule has 1 heterocycles. The normalized spacial score (nSPS) is 15.9. The number of nitrogens with zero attached hydrogens (tertiary/aromatic N) is 3. The summed E-state index contributed by atoms with van der Waals surface area (Å²) < 4.78 is 0. The van der Waals surface area contributed by atoms with Crippen molar-refractivity contribution < 1.29 is 9.90 Å². The van der Waals surface area contributed by atoms with Gasteiger partial charge in [-0.05, 0) is 25.7 Å². The molecule has 1 fully saturated rings. The maximum Gasteiger partial charge on any atom is 0.339 e. The van der Waals surface area contributed by atoms with Crippen molar-refractivity contribution in [2.24, 2.45) is 5.92 Å². The van der Waals surface area contributed by atoms with Crippen LogP contribution in [0.5, 0.6) is 0 Å². The van der Waals surface area contributed by atoms with Gasteiger partial charge < -0.3 is 10.0 Å². The Balaban J connectivity index is 2.08. The average Bonchev–Trinajstić information content (AvgIpc) is 2.81. The molecule has 1 saturated carbocycles. The number of hydrogen-bond donors (Lipinski definition) is 1. The van der Waals surface area contributed by atoms with E-state index in [0.29, 0.717) is 11.6 Å². The molecule has 98 valence electrons. The third-order valence-electron chi connectivity index (χ3n) is 3.55. The first-order valence-corrected chi connectivity index (χ1v) is 6.36. The van der Waals surface area contributed by atoms with E-state index in [2.05, 4.69) is 9.97 Å². The van der Waals surface area contributed by atoms with Crippen molar-refractivity contribution in [1.82, 2.24) is 9.97 Å². The Kier molecular flexibility index (Phi) is 3.79. The Labute approximate surface area is 107 Å². The maximum absolute atomic E-state index is 10.9. The summed E-state index contributed by atoms with van der Waals surface area (Å²) in [6, 6.07) is 0. The second-order valence-corrected chi connectivity index (χ2v) is 5.01. The third-order valence-corrected chi connectivity index (χ3v) is 3.55. The molecular weight excluding hydrogens is 230 g/mol. The van der Waals surface area contributed by atoms with Crippen molar-refractivity contribution in [3.63, 3.8) is 0 Å². The van der Waals surface area contributed by atoms with Gasteiger partial charge in [0.1, 0.15) is 0 Å². The highest BCUT2D eigenvalue weighted by molar-refractivity contribution is 5.88. The minimum Gasteiger partial charge on any atom is -0.478 e. The van der Waals surface area contributed by atoms with Crippen molar-refractivity contribution >= 4 is 11.9 Å². The molecule has 0 bridgehead atoms. The number of aryl methyl sites for hydroxylation is 1. The Morgan fingerprint density at radius 1 is 1.50 bits per heavy atom. The smallest absolute Gasteiger partial charge is 0.339 e. The van der Waals surface area contributed by atoms with Crippen LogP contribution in [0, 0.1) is 12.8 Å². The van der Waals surface area contributed by atoms with Crippen LogP contribution >= 0.6 is 0 Å². The van der Waals surface area contributed by atoms with Crippen LogP contribution in [0.25, 0.3) is 0 Å². The van der Waals surface area contributed by atoms with Crippen LogP contribution in [-0.2, 0) is 0 Å². The summed E-state index contributed by atoms with van der Waals surface area (Å²) in [6.07, 6.45) is 6.57. The van der Waals surface area contributed by atoms with E-state index in [1.165, 1.54) is 31.9 Å². The molecule has 0 saturated heterocycles. The highest BCUT2D eigenvalue weighted by Gasteiger charge is 2.19. The van der Waals surface area contributed by atoms with Crippen molar-refractivity contribution in [3.8, 4) is 0 Å². The van der Waals surface area contributed by atoms with Gasteiger partial charge >= 0.3 is 5.97 Å². The molecule has 0 aliphatic heterocycles. The summed E-state index contributed by atoms with van der Waals surface area (Å²) in [5, 5.41) is 8.93. The number of carbonyl (C=O) groups is 1. The molecule has 0 unspecified atom stereocenters. The number of aromatic carboxylic acids is 1. The molecule has 1 aliphatic carbocycles. The fourth-order valence-electron chi connectivity index (χ4n) is 2.51. The molecule has 0 atom stereocenters. The van der Waals surface area contributed by atoms with Crippen LogP contribution in [0.3, 0.4) is 0 Å². The number of carboxylic acids is 1. The Bertz CT molecular complexity index is 442. The molecule has 0 aromatic carbocycles. The lowest BCUT2D eigenvalue weighted by molar-refractivity contribution is 0.0695. The zero-order valence-corrected chi connectivity index (χ0v) is 10.9. The standard InChI is InChI=1S/C13H19N3O2/c1-9-11(12(17)18)7-14-13(15-9)16(2)8-10-5-3-4-6-10/h7,10H,3-6,8H2,1-2H3,(H,17,18). The summed E-state index contributed by atoms with van der Waals surface area (Å²) in [7, 11) is 1.97. The van der Waals surface area contributed by atoms with E-state index in [1.54, 1.807) is 6.92 Å². The van der Waals surface area contributed by atoms with Gasteiger partial charge in [0.05, 0.1) is 11.3 Å². The monoisotopic (exact) mass is 249 g/mol. The van der Waals surface area contributed by atoms with E-state index in [4.69, 9.17) is 5.11 Å². The lowest BCUT2D eigenvalue weighted by Gasteiger charge is -2.21. The second-order valence-electron chi connectivity index (χ2n) is 5.01. The van der Waals surface area contributed by atoms with Crippen molar-refractivity contribution in [3.05, 3.63) is 17.5 Å². The predicted octanol–water partition coefficient (Wildman–Crippen LogP) is 2.11. The lowest BCUT2D eigenvalue weighted by atomic mass is 10.1. The molecule has 18 heavy (non-hydrogen) atoms. The first-order chi connectivity index (χ1) is 8.58. The van der Waals surface area contributed by atoms with E-state index >= 15 is 0 Å². The van der Waals surface area contributed by atoms with Crippen LogP contribution in [0.4, 0.5) is 5.95 Å². The van der Waals surface area contributed by atoms with Gasteiger partial charge in [0.15, 0.2) is 0 Å². The van der Waals surface area contributed by atoms with Crippen LogP contribution in [0.1, 0.15) is 41.7 Å². The zero-order chi connectivity index (χ0) is 13.1. The van der Waals surface area contributed by atoms with E-state index in [0.717, 1.165) is 12.5 Å². The molecule has 0 radical (unpaired) electrons. The van der Waals surface area contributed by atoms with Crippen molar-refractivity contribution in [2.75, 3.05) is 18.5 Å². The number of aromatic nitrogens is 2. The van der Waals surface area contributed by atoms with E-state index < -0.39 is 5.97 Å². The summed E-state index contributed by atoms with van der Waals surface area (Å²) in [4.78, 5) is 21.3. The van der Waals surface area contributed by atoms with Gasteiger partial charge in [0, 0.05) is 19.8 Å². The van der Waals surface area contributed by atoms with E-state index in [-0.39, 0.29) is 5.56 Å². The Morgan fingerprint density at radius 3 is 2.72 bits per heavy atom.